The predicted octanol–water partition coefficient (Wildman–Crippen LogP) is 11.6. The van der Waals surface area contributed by atoms with Crippen LogP contribution in [0.4, 0.5) is 0 Å². The number of hydrogen-bond donors (Lipinski definition) is 2. The number of nitrogens with zero attached hydrogens (tertiary/aromatic N) is 1. The first kappa shape index (κ1) is 53.2. The van der Waals surface area contributed by atoms with E-state index in [0.717, 1.165) is 70.6 Å². The van der Waals surface area contributed by atoms with E-state index in [1.807, 2.05) is 21.1 Å². The van der Waals surface area contributed by atoms with Crippen molar-refractivity contribution in [2.24, 2.45) is 0 Å². The summed E-state index contributed by atoms with van der Waals surface area (Å²) in [7, 11) is 1.29. The molecule has 0 aromatic rings. The molecule has 2 N–H and O–H groups in total. The molecule has 8 nitrogen and oxygen atoms in total. The fourth-order valence-electron chi connectivity index (χ4n) is 6.01. The van der Waals surface area contributed by atoms with Gasteiger partial charge in [0.05, 0.1) is 39.9 Å². The summed E-state index contributed by atoms with van der Waals surface area (Å²) in [5, 5.41) is 13.7. The second-order valence-electron chi connectivity index (χ2n) is 16.0. The summed E-state index contributed by atoms with van der Waals surface area (Å²) in [6.45, 7) is 4.52. The van der Waals surface area contributed by atoms with E-state index in [1.54, 1.807) is 0 Å². The summed E-state index contributed by atoms with van der Waals surface area (Å²) in [5.41, 5.74) is 0. The van der Waals surface area contributed by atoms with E-state index >= 15 is 0 Å². The van der Waals surface area contributed by atoms with Crippen LogP contribution in [0.25, 0.3) is 0 Å². The molecule has 1 amide bonds. The Kier molecular flexibility index (Phi) is 36.5. The number of unbranched alkanes of at least 4 members (excludes halogenated alkanes) is 16. The second-order valence-corrected chi connectivity index (χ2v) is 17.4. The number of likely N-dealkylation sites (N-methyl/N-ethyl adjacent to an activating group) is 1. The number of aliphatic hydroxyl groups excluding tert-OH is 1. The third-order valence-electron chi connectivity index (χ3n) is 9.52. The first-order chi connectivity index (χ1) is 26.5. The molecule has 0 aliphatic rings. The SMILES string of the molecule is CC/C=C\C/C=C\C/C=C\C/C=C\C/C=C\CCCCCCCCCCCCCC(=O)NC(COP(=O)([O-])OCC[N+](C)(C)C)C(O)CCCCCCCC. The van der Waals surface area contributed by atoms with Crippen LogP contribution in [0.5, 0.6) is 0 Å². The van der Waals surface area contributed by atoms with Crippen molar-refractivity contribution in [2.75, 3.05) is 40.9 Å². The number of rotatable bonds is 39. The second kappa shape index (κ2) is 37.8. The lowest BCUT2D eigenvalue weighted by Gasteiger charge is -2.30. The van der Waals surface area contributed by atoms with Gasteiger partial charge in [0.1, 0.15) is 13.2 Å². The largest absolute Gasteiger partial charge is 0.756 e. The van der Waals surface area contributed by atoms with Crippen LogP contribution in [0.1, 0.15) is 174 Å². The van der Waals surface area contributed by atoms with Crippen molar-refractivity contribution in [3.63, 3.8) is 0 Å². The zero-order chi connectivity index (χ0) is 40.7. The van der Waals surface area contributed by atoms with E-state index in [-0.39, 0.29) is 19.1 Å². The standard InChI is InChI=1S/C46H85N2O6P/c1-6-8-10-12-14-15-16-17-18-19-20-21-22-23-24-25-26-27-28-29-30-31-32-33-34-36-38-40-46(50)47-44(45(49)39-37-35-13-11-9-7-2)43-54-55(51,52)53-42-41-48(3,4)5/h8,10,14-15,17-18,20-21,23-24,44-45,49H,6-7,9,11-13,16,19,22,25-43H2,1-5H3,(H-,47,50,51,52)/b10-8-,15-14-,18-17-,21-20-,24-23-. The van der Waals surface area contributed by atoms with E-state index in [9.17, 15) is 19.4 Å². The summed E-state index contributed by atoms with van der Waals surface area (Å²) in [4.78, 5) is 25.2. The van der Waals surface area contributed by atoms with Crippen LogP contribution >= 0.6 is 7.82 Å². The number of allylic oxidation sites excluding steroid dienone is 10. The molecule has 0 saturated heterocycles. The van der Waals surface area contributed by atoms with Gasteiger partial charge in [-0.2, -0.15) is 0 Å². The van der Waals surface area contributed by atoms with Crippen LogP contribution in [0.2, 0.25) is 0 Å². The third-order valence-corrected chi connectivity index (χ3v) is 10.5. The lowest BCUT2D eigenvalue weighted by molar-refractivity contribution is -0.870. The normalized spacial score (nSPS) is 15.0. The van der Waals surface area contributed by atoms with Crippen molar-refractivity contribution in [2.45, 2.75) is 187 Å². The van der Waals surface area contributed by atoms with Gasteiger partial charge in [-0.15, -0.1) is 0 Å². The monoisotopic (exact) mass is 793 g/mol. The smallest absolute Gasteiger partial charge is 0.268 e. The maximum atomic E-state index is 12.8. The number of hydrogen-bond acceptors (Lipinski definition) is 6. The minimum atomic E-state index is -4.55. The minimum absolute atomic E-state index is 0.00853. The molecular weight excluding hydrogens is 707 g/mol. The van der Waals surface area contributed by atoms with Crippen LogP contribution in [-0.2, 0) is 18.4 Å². The Morgan fingerprint density at radius 1 is 0.655 bits per heavy atom. The number of nitrogens with one attached hydrogen (secondary N) is 1. The number of aliphatic hydroxyl groups is 1. The summed E-state index contributed by atoms with van der Waals surface area (Å²) in [6.07, 6.45) is 48.3. The Morgan fingerprint density at radius 2 is 1.11 bits per heavy atom. The third kappa shape index (κ3) is 40.2. The Labute approximate surface area is 339 Å². The lowest BCUT2D eigenvalue weighted by Crippen LogP contribution is -2.46. The van der Waals surface area contributed by atoms with Crippen molar-refractivity contribution in [3.8, 4) is 0 Å². The van der Waals surface area contributed by atoms with Crippen LogP contribution in [0.3, 0.4) is 0 Å². The van der Waals surface area contributed by atoms with Crippen LogP contribution < -0.4 is 10.2 Å². The fourth-order valence-corrected chi connectivity index (χ4v) is 6.73. The summed E-state index contributed by atoms with van der Waals surface area (Å²) in [5.74, 6) is -0.177. The molecule has 0 aliphatic heterocycles. The number of quaternary nitrogens is 1. The Balaban J connectivity index is 4.05. The van der Waals surface area contributed by atoms with E-state index in [2.05, 4.69) is 79.9 Å². The highest BCUT2D eigenvalue weighted by Gasteiger charge is 2.24. The number of phosphoric acid groups is 1. The van der Waals surface area contributed by atoms with Crippen molar-refractivity contribution < 1.29 is 32.9 Å². The van der Waals surface area contributed by atoms with Gasteiger partial charge in [-0.3, -0.25) is 9.36 Å². The van der Waals surface area contributed by atoms with Gasteiger partial charge in [0.15, 0.2) is 0 Å². The van der Waals surface area contributed by atoms with Gasteiger partial charge in [-0.05, 0) is 57.8 Å². The molecule has 3 unspecified atom stereocenters. The Hall–Kier alpha value is -1.80. The quantitative estimate of drug-likeness (QED) is 0.0278. The Bertz CT molecular complexity index is 1080. The Morgan fingerprint density at radius 3 is 1.62 bits per heavy atom. The highest BCUT2D eigenvalue weighted by atomic mass is 31.2. The number of carbonyl (C=O) groups excluding carboxylic acids is 1. The van der Waals surface area contributed by atoms with Gasteiger partial charge in [-0.25, -0.2) is 0 Å². The average molecular weight is 793 g/mol. The highest BCUT2D eigenvalue weighted by Crippen LogP contribution is 2.38. The van der Waals surface area contributed by atoms with Crippen molar-refractivity contribution >= 4 is 13.7 Å². The minimum Gasteiger partial charge on any atom is -0.756 e. The van der Waals surface area contributed by atoms with Gasteiger partial charge in [-0.1, -0.05) is 171 Å². The van der Waals surface area contributed by atoms with Crippen LogP contribution in [0.15, 0.2) is 60.8 Å². The van der Waals surface area contributed by atoms with Gasteiger partial charge in [0.2, 0.25) is 5.91 Å². The summed E-state index contributed by atoms with van der Waals surface area (Å²) in [6, 6.07) is -0.800. The first-order valence-corrected chi connectivity index (χ1v) is 23.6. The van der Waals surface area contributed by atoms with Crippen LogP contribution in [-0.4, -0.2) is 68.5 Å². The topological polar surface area (TPSA) is 108 Å². The number of amides is 1. The number of carbonyl (C=O) groups is 1. The molecule has 0 spiro atoms. The molecule has 9 heteroatoms. The first-order valence-electron chi connectivity index (χ1n) is 22.1. The van der Waals surface area contributed by atoms with Crippen LogP contribution in [0, 0.1) is 0 Å². The molecule has 320 valence electrons. The molecule has 55 heavy (non-hydrogen) atoms. The van der Waals surface area contributed by atoms with Crippen molar-refractivity contribution in [1.29, 1.82) is 0 Å². The predicted molar refractivity (Wildman–Crippen MR) is 233 cm³/mol. The molecular formula is C46H85N2O6P. The van der Waals surface area contributed by atoms with Gasteiger partial charge < -0.3 is 28.8 Å². The average Bonchev–Trinajstić information content (AvgIpc) is 3.13. The summed E-state index contributed by atoms with van der Waals surface area (Å²) < 4.78 is 23.1. The lowest BCUT2D eigenvalue weighted by atomic mass is 10.0. The van der Waals surface area contributed by atoms with E-state index in [4.69, 9.17) is 9.05 Å². The molecule has 0 heterocycles. The van der Waals surface area contributed by atoms with E-state index in [1.165, 1.54) is 77.0 Å². The van der Waals surface area contributed by atoms with Gasteiger partial charge in [0.25, 0.3) is 7.82 Å². The molecule has 3 atom stereocenters. The van der Waals surface area contributed by atoms with Crippen molar-refractivity contribution in [1.82, 2.24) is 5.32 Å². The fraction of sp³-hybridized carbons (Fsp3) is 0.761. The summed E-state index contributed by atoms with van der Waals surface area (Å²) >= 11 is 0. The van der Waals surface area contributed by atoms with Gasteiger partial charge in [0, 0.05) is 6.42 Å². The molecule has 0 aromatic carbocycles. The molecule has 0 saturated carbocycles. The molecule has 0 aliphatic carbocycles. The van der Waals surface area contributed by atoms with Gasteiger partial charge >= 0.3 is 0 Å². The number of phosphoric ester groups is 1. The molecule has 0 bridgehead atoms. The molecule has 0 radical (unpaired) electrons. The maximum Gasteiger partial charge on any atom is 0.268 e. The van der Waals surface area contributed by atoms with E-state index in [0.29, 0.717) is 23.9 Å². The maximum absolute atomic E-state index is 12.8. The molecule has 0 rings (SSSR count). The molecule has 0 fully saturated rings. The molecule has 0 aromatic heterocycles. The zero-order valence-electron chi connectivity index (χ0n) is 36.1. The highest BCUT2D eigenvalue weighted by molar-refractivity contribution is 7.45. The van der Waals surface area contributed by atoms with Crippen molar-refractivity contribution in [3.05, 3.63) is 60.8 Å². The van der Waals surface area contributed by atoms with E-state index < -0.39 is 20.0 Å². The zero-order valence-corrected chi connectivity index (χ0v) is 37.0.